The fourth-order valence-corrected chi connectivity index (χ4v) is 3.00. The SMILES string of the molecule is CSCC[C@H](NC(=O)NC(C)c1ccc(C)s1)C(=O)O. The Kier molecular flexibility index (Phi) is 6.87. The highest BCUT2D eigenvalue weighted by molar-refractivity contribution is 7.98. The Hall–Kier alpha value is -1.21. The number of hydrogen-bond donors (Lipinski definition) is 3. The number of nitrogens with one attached hydrogen (secondary N) is 2. The molecule has 0 aliphatic rings. The number of aliphatic carboxylic acids is 1. The number of aryl methyl sites for hydroxylation is 1. The molecule has 1 aromatic heterocycles. The lowest BCUT2D eigenvalue weighted by molar-refractivity contribution is -0.139. The van der Waals surface area contributed by atoms with E-state index in [-0.39, 0.29) is 6.04 Å². The Morgan fingerprint density at radius 3 is 2.60 bits per heavy atom. The summed E-state index contributed by atoms with van der Waals surface area (Å²) in [5.74, 6) is -0.314. The van der Waals surface area contributed by atoms with Crippen LogP contribution >= 0.6 is 23.1 Å². The summed E-state index contributed by atoms with van der Waals surface area (Å²) in [6.45, 7) is 3.88. The molecule has 0 spiro atoms. The lowest BCUT2D eigenvalue weighted by Gasteiger charge is -2.17. The van der Waals surface area contributed by atoms with Crippen molar-refractivity contribution in [2.75, 3.05) is 12.0 Å². The topological polar surface area (TPSA) is 78.4 Å². The first-order valence-corrected chi connectivity index (χ1v) is 8.50. The number of carbonyl (C=O) groups excluding carboxylic acids is 1. The van der Waals surface area contributed by atoms with Gasteiger partial charge in [-0.1, -0.05) is 0 Å². The average molecular weight is 316 g/mol. The fourth-order valence-electron chi connectivity index (χ4n) is 1.65. The van der Waals surface area contributed by atoms with Gasteiger partial charge in [-0.25, -0.2) is 9.59 Å². The van der Waals surface area contributed by atoms with Gasteiger partial charge in [-0.05, 0) is 44.4 Å². The van der Waals surface area contributed by atoms with Crippen LogP contribution in [0.1, 0.15) is 29.1 Å². The van der Waals surface area contributed by atoms with Gasteiger partial charge in [-0.15, -0.1) is 11.3 Å². The van der Waals surface area contributed by atoms with Crippen LogP contribution < -0.4 is 10.6 Å². The highest BCUT2D eigenvalue weighted by Gasteiger charge is 2.20. The molecule has 0 aromatic carbocycles. The fraction of sp³-hybridized carbons (Fsp3) is 0.538. The summed E-state index contributed by atoms with van der Waals surface area (Å²) >= 11 is 3.17. The summed E-state index contributed by atoms with van der Waals surface area (Å²) in [6, 6.07) is 2.53. The third kappa shape index (κ3) is 5.42. The Morgan fingerprint density at radius 1 is 1.40 bits per heavy atom. The standard InChI is InChI=1S/C13H20N2O3S2/c1-8-4-5-11(20-8)9(2)14-13(18)15-10(12(16)17)6-7-19-3/h4-5,9-10H,6-7H2,1-3H3,(H,16,17)(H2,14,15,18)/t9?,10-/m0/s1. The molecule has 5 nitrogen and oxygen atoms in total. The van der Waals surface area contributed by atoms with Gasteiger partial charge in [0, 0.05) is 9.75 Å². The molecule has 0 aliphatic heterocycles. The molecule has 0 saturated heterocycles. The first-order valence-electron chi connectivity index (χ1n) is 6.29. The summed E-state index contributed by atoms with van der Waals surface area (Å²) in [5, 5.41) is 14.3. The van der Waals surface area contributed by atoms with Gasteiger partial charge in [0.25, 0.3) is 0 Å². The summed E-state index contributed by atoms with van der Waals surface area (Å²) < 4.78 is 0. The van der Waals surface area contributed by atoms with E-state index < -0.39 is 18.0 Å². The molecule has 7 heteroatoms. The van der Waals surface area contributed by atoms with Crippen LogP contribution in [0.15, 0.2) is 12.1 Å². The van der Waals surface area contributed by atoms with Crippen molar-refractivity contribution in [3.63, 3.8) is 0 Å². The first-order chi connectivity index (χ1) is 9.43. The van der Waals surface area contributed by atoms with Crippen LogP contribution in [0.3, 0.4) is 0 Å². The number of amides is 2. The van der Waals surface area contributed by atoms with Gasteiger partial charge in [0.2, 0.25) is 0 Å². The van der Waals surface area contributed by atoms with Crippen molar-refractivity contribution in [3.8, 4) is 0 Å². The average Bonchev–Trinajstić information content (AvgIpc) is 2.80. The number of rotatable bonds is 7. The van der Waals surface area contributed by atoms with Gasteiger partial charge in [-0.2, -0.15) is 11.8 Å². The molecule has 20 heavy (non-hydrogen) atoms. The van der Waals surface area contributed by atoms with E-state index >= 15 is 0 Å². The second kappa shape index (κ2) is 8.16. The van der Waals surface area contributed by atoms with Crippen LogP contribution in [0.25, 0.3) is 0 Å². The van der Waals surface area contributed by atoms with E-state index in [1.54, 1.807) is 23.1 Å². The van der Waals surface area contributed by atoms with E-state index in [9.17, 15) is 9.59 Å². The highest BCUT2D eigenvalue weighted by Crippen LogP contribution is 2.22. The summed E-state index contributed by atoms with van der Waals surface area (Å²) in [4.78, 5) is 25.1. The van der Waals surface area contributed by atoms with E-state index in [4.69, 9.17) is 5.11 Å². The molecule has 0 aliphatic carbocycles. The number of urea groups is 1. The maximum absolute atomic E-state index is 11.8. The summed E-state index contributed by atoms with van der Waals surface area (Å²) in [7, 11) is 0. The third-order valence-corrected chi connectivity index (χ3v) is 4.58. The van der Waals surface area contributed by atoms with Crippen molar-refractivity contribution in [3.05, 3.63) is 21.9 Å². The maximum atomic E-state index is 11.8. The van der Waals surface area contributed by atoms with Crippen molar-refractivity contribution < 1.29 is 14.7 Å². The van der Waals surface area contributed by atoms with Crippen molar-refractivity contribution in [1.82, 2.24) is 10.6 Å². The van der Waals surface area contributed by atoms with Gasteiger partial charge < -0.3 is 15.7 Å². The zero-order chi connectivity index (χ0) is 15.1. The quantitative estimate of drug-likeness (QED) is 0.722. The normalized spacial score (nSPS) is 13.6. The van der Waals surface area contributed by atoms with Crippen molar-refractivity contribution >= 4 is 35.1 Å². The van der Waals surface area contributed by atoms with Crippen molar-refractivity contribution in [2.24, 2.45) is 0 Å². The van der Waals surface area contributed by atoms with E-state index in [1.807, 2.05) is 32.2 Å². The molecule has 1 rings (SSSR count). The molecule has 1 unspecified atom stereocenters. The highest BCUT2D eigenvalue weighted by atomic mass is 32.2. The van der Waals surface area contributed by atoms with Gasteiger partial charge in [0.05, 0.1) is 6.04 Å². The first kappa shape index (κ1) is 16.8. The Morgan fingerprint density at radius 2 is 2.10 bits per heavy atom. The van der Waals surface area contributed by atoms with Crippen LogP contribution in [-0.4, -0.2) is 35.2 Å². The molecular formula is C13H20N2O3S2. The van der Waals surface area contributed by atoms with Crippen molar-refractivity contribution in [1.29, 1.82) is 0 Å². The lowest BCUT2D eigenvalue weighted by atomic mass is 10.2. The number of thiophene rings is 1. The van der Waals surface area contributed by atoms with Crippen LogP contribution in [0.2, 0.25) is 0 Å². The second-order valence-electron chi connectivity index (χ2n) is 4.46. The van der Waals surface area contributed by atoms with E-state index in [1.165, 1.54) is 4.88 Å². The zero-order valence-corrected chi connectivity index (χ0v) is 13.4. The molecule has 2 atom stereocenters. The lowest BCUT2D eigenvalue weighted by Crippen LogP contribution is -2.46. The molecule has 112 valence electrons. The molecular weight excluding hydrogens is 296 g/mol. The third-order valence-electron chi connectivity index (χ3n) is 2.75. The van der Waals surface area contributed by atoms with Gasteiger partial charge >= 0.3 is 12.0 Å². The maximum Gasteiger partial charge on any atom is 0.326 e. The summed E-state index contributed by atoms with van der Waals surface area (Å²) in [6.07, 6.45) is 2.32. The zero-order valence-electron chi connectivity index (χ0n) is 11.8. The Labute approximate surface area is 127 Å². The Bertz CT molecular complexity index is 462. The molecule has 0 radical (unpaired) electrons. The number of hydrogen-bond acceptors (Lipinski definition) is 4. The minimum atomic E-state index is -1.01. The van der Waals surface area contributed by atoms with Crippen LogP contribution in [0, 0.1) is 6.92 Å². The molecule has 3 N–H and O–H groups in total. The van der Waals surface area contributed by atoms with E-state index in [0.717, 1.165) is 4.88 Å². The van der Waals surface area contributed by atoms with Gasteiger partial charge in [0.1, 0.15) is 6.04 Å². The number of thioether (sulfide) groups is 1. The largest absolute Gasteiger partial charge is 0.480 e. The van der Waals surface area contributed by atoms with Gasteiger partial charge in [0.15, 0.2) is 0 Å². The summed E-state index contributed by atoms with van der Waals surface area (Å²) in [5.41, 5.74) is 0. The van der Waals surface area contributed by atoms with E-state index in [0.29, 0.717) is 12.2 Å². The second-order valence-corrected chi connectivity index (χ2v) is 6.77. The van der Waals surface area contributed by atoms with Crippen molar-refractivity contribution in [2.45, 2.75) is 32.4 Å². The predicted octanol–water partition coefficient (Wildman–Crippen LogP) is 2.62. The molecule has 0 fully saturated rings. The van der Waals surface area contributed by atoms with Gasteiger partial charge in [-0.3, -0.25) is 0 Å². The monoisotopic (exact) mass is 316 g/mol. The molecule has 1 heterocycles. The van der Waals surface area contributed by atoms with E-state index in [2.05, 4.69) is 10.6 Å². The smallest absolute Gasteiger partial charge is 0.326 e. The minimum absolute atomic E-state index is 0.135. The molecule has 0 bridgehead atoms. The van der Waals surface area contributed by atoms with Crippen LogP contribution in [-0.2, 0) is 4.79 Å². The molecule has 0 saturated carbocycles. The van der Waals surface area contributed by atoms with Crippen LogP contribution in [0.5, 0.6) is 0 Å². The minimum Gasteiger partial charge on any atom is -0.480 e. The van der Waals surface area contributed by atoms with Crippen LogP contribution in [0.4, 0.5) is 4.79 Å². The Balaban J connectivity index is 2.50. The molecule has 1 aromatic rings. The number of carboxylic acids is 1. The number of carboxylic acid groups (broad SMARTS) is 1. The predicted molar refractivity (Wildman–Crippen MR) is 83.6 cm³/mol. The molecule has 2 amide bonds. The number of carbonyl (C=O) groups is 2.